The molecular formula is C20H20N2O3. The second-order valence-electron chi connectivity index (χ2n) is 6.85. The minimum Gasteiger partial charge on any atom is -0.468 e. The first-order valence-corrected chi connectivity index (χ1v) is 8.47. The van der Waals surface area contributed by atoms with Crippen LogP contribution in [0.25, 0.3) is 0 Å². The van der Waals surface area contributed by atoms with Crippen molar-refractivity contribution in [2.45, 2.75) is 31.5 Å². The molecule has 1 saturated heterocycles. The highest BCUT2D eigenvalue weighted by atomic mass is 16.5. The van der Waals surface area contributed by atoms with E-state index in [1.165, 1.54) is 0 Å². The first-order valence-electron chi connectivity index (χ1n) is 8.47. The maximum Gasteiger partial charge on any atom is 0.236 e. The van der Waals surface area contributed by atoms with Gasteiger partial charge in [-0.1, -0.05) is 48.5 Å². The van der Waals surface area contributed by atoms with Gasteiger partial charge in [0.1, 0.15) is 11.7 Å². The van der Waals surface area contributed by atoms with E-state index in [9.17, 15) is 9.59 Å². The number of amides is 2. The Labute approximate surface area is 146 Å². The van der Waals surface area contributed by atoms with E-state index in [-0.39, 0.29) is 17.7 Å². The van der Waals surface area contributed by atoms with Crippen LogP contribution in [0.1, 0.15) is 30.4 Å². The first-order chi connectivity index (χ1) is 12.1. The fourth-order valence-electron chi connectivity index (χ4n) is 3.79. The predicted octanol–water partition coefficient (Wildman–Crippen LogP) is 2.33. The van der Waals surface area contributed by atoms with E-state index in [1.807, 2.05) is 61.5 Å². The van der Waals surface area contributed by atoms with Crippen molar-refractivity contribution >= 4 is 11.8 Å². The van der Waals surface area contributed by atoms with Crippen molar-refractivity contribution in [2.75, 3.05) is 0 Å². The van der Waals surface area contributed by atoms with Crippen molar-refractivity contribution in [3.8, 4) is 5.75 Å². The maximum atomic E-state index is 12.8. The molecule has 3 atom stereocenters. The Balaban J connectivity index is 1.59. The van der Waals surface area contributed by atoms with Gasteiger partial charge >= 0.3 is 0 Å². The Hall–Kier alpha value is -2.82. The zero-order chi connectivity index (χ0) is 17.4. The van der Waals surface area contributed by atoms with Gasteiger partial charge in [-0.2, -0.15) is 0 Å². The quantitative estimate of drug-likeness (QED) is 0.846. The summed E-state index contributed by atoms with van der Waals surface area (Å²) in [5, 5.41) is 5.78. The van der Waals surface area contributed by atoms with Crippen molar-refractivity contribution in [1.29, 1.82) is 0 Å². The topological polar surface area (TPSA) is 67.4 Å². The number of nitrogens with one attached hydrogen (secondary N) is 2. The lowest BCUT2D eigenvalue weighted by Gasteiger charge is -2.46. The van der Waals surface area contributed by atoms with E-state index in [4.69, 9.17) is 4.74 Å². The van der Waals surface area contributed by atoms with Gasteiger partial charge in [0.25, 0.3) is 0 Å². The van der Waals surface area contributed by atoms with Crippen LogP contribution in [-0.4, -0.2) is 17.5 Å². The van der Waals surface area contributed by atoms with E-state index in [0.717, 1.165) is 16.9 Å². The molecule has 2 bridgehead atoms. The molecular weight excluding hydrogens is 316 g/mol. The van der Waals surface area contributed by atoms with Crippen LogP contribution in [0.3, 0.4) is 0 Å². The molecule has 2 heterocycles. The van der Waals surface area contributed by atoms with Crippen molar-refractivity contribution in [3.63, 3.8) is 0 Å². The molecule has 0 aliphatic carbocycles. The van der Waals surface area contributed by atoms with Crippen molar-refractivity contribution in [3.05, 3.63) is 65.7 Å². The van der Waals surface area contributed by atoms with Crippen molar-refractivity contribution in [1.82, 2.24) is 10.6 Å². The minimum atomic E-state index is -0.758. The monoisotopic (exact) mass is 336 g/mol. The van der Waals surface area contributed by atoms with E-state index in [1.54, 1.807) is 0 Å². The SMILES string of the molecule is C[C@@]12C[C@H](c3ccccc3O1)[C@H](C(=O)NCc1ccccc1)C(=O)N2. The molecule has 1 fully saturated rings. The van der Waals surface area contributed by atoms with Gasteiger partial charge in [0.15, 0.2) is 5.72 Å². The molecule has 4 rings (SSSR count). The Morgan fingerprint density at radius 3 is 2.72 bits per heavy atom. The van der Waals surface area contributed by atoms with Gasteiger partial charge in [-0.3, -0.25) is 9.59 Å². The summed E-state index contributed by atoms with van der Waals surface area (Å²) in [5.74, 6) is -0.715. The summed E-state index contributed by atoms with van der Waals surface area (Å²) < 4.78 is 5.95. The molecule has 2 aliphatic heterocycles. The summed E-state index contributed by atoms with van der Waals surface area (Å²) in [7, 11) is 0. The summed E-state index contributed by atoms with van der Waals surface area (Å²) in [6, 6.07) is 17.3. The fraction of sp³-hybridized carbons (Fsp3) is 0.300. The van der Waals surface area contributed by atoms with E-state index < -0.39 is 11.6 Å². The highest BCUT2D eigenvalue weighted by Crippen LogP contribution is 2.46. The number of hydrogen-bond acceptors (Lipinski definition) is 3. The normalized spacial score (nSPS) is 26.8. The number of rotatable bonds is 3. The molecule has 5 nitrogen and oxygen atoms in total. The molecule has 0 aromatic heterocycles. The standard InChI is InChI=1S/C20H20N2O3/c1-20-11-15(14-9-5-6-10-16(14)25-20)17(19(24)22-20)18(23)21-12-13-7-3-2-4-8-13/h2-10,15,17H,11-12H2,1H3,(H,21,23)(H,22,24)/t15-,17-,20+/m1/s1. The number of piperidine rings is 1. The molecule has 2 aromatic rings. The van der Waals surface area contributed by atoms with E-state index >= 15 is 0 Å². The van der Waals surface area contributed by atoms with E-state index in [0.29, 0.717) is 13.0 Å². The van der Waals surface area contributed by atoms with Crippen LogP contribution in [0, 0.1) is 5.92 Å². The Kier molecular flexibility index (Phi) is 3.71. The molecule has 25 heavy (non-hydrogen) atoms. The lowest BCUT2D eigenvalue weighted by Crippen LogP contribution is -2.62. The van der Waals surface area contributed by atoms with Crippen LogP contribution in [0.5, 0.6) is 5.75 Å². The third-order valence-electron chi connectivity index (χ3n) is 4.93. The number of benzene rings is 2. The number of carbonyl (C=O) groups is 2. The molecule has 2 N–H and O–H groups in total. The van der Waals surface area contributed by atoms with Gasteiger partial charge in [-0.05, 0) is 24.1 Å². The minimum absolute atomic E-state index is 0.181. The predicted molar refractivity (Wildman–Crippen MR) is 92.8 cm³/mol. The smallest absolute Gasteiger partial charge is 0.236 e. The summed E-state index contributed by atoms with van der Waals surface area (Å²) in [5.41, 5.74) is 1.17. The van der Waals surface area contributed by atoms with Crippen LogP contribution >= 0.6 is 0 Å². The number of para-hydroxylation sites is 1. The molecule has 0 radical (unpaired) electrons. The third-order valence-corrected chi connectivity index (χ3v) is 4.93. The van der Waals surface area contributed by atoms with Gasteiger partial charge in [-0.15, -0.1) is 0 Å². The lowest BCUT2D eigenvalue weighted by atomic mass is 9.74. The molecule has 0 saturated carbocycles. The molecule has 2 aromatic carbocycles. The third kappa shape index (κ3) is 2.86. The average Bonchev–Trinajstić information content (AvgIpc) is 2.60. The highest BCUT2D eigenvalue weighted by molar-refractivity contribution is 6.02. The highest BCUT2D eigenvalue weighted by Gasteiger charge is 2.51. The average molecular weight is 336 g/mol. The largest absolute Gasteiger partial charge is 0.468 e. The molecule has 0 unspecified atom stereocenters. The van der Waals surface area contributed by atoms with Crippen molar-refractivity contribution in [2.24, 2.45) is 5.92 Å². The summed E-state index contributed by atoms with van der Waals surface area (Å²) in [4.78, 5) is 25.4. The molecule has 128 valence electrons. The Bertz CT molecular complexity index is 821. The van der Waals surface area contributed by atoms with E-state index in [2.05, 4.69) is 10.6 Å². The Morgan fingerprint density at radius 2 is 1.92 bits per heavy atom. The number of fused-ring (bicyclic) bond motifs is 4. The summed E-state index contributed by atoms with van der Waals surface area (Å²) >= 11 is 0. The Morgan fingerprint density at radius 1 is 1.20 bits per heavy atom. The van der Waals surface area contributed by atoms with Crippen molar-refractivity contribution < 1.29 is 14.3 Å². The van der Waals surface area contributed by atoms with Gasteiger partial charge in [0.05, 0.1) is 0 Å². The summed E-state index contributed by atoms with van der Waals surface area (Å²) in [6.45, 7) is 2.26. The second kappa shape index (κ2) is 5.92. The van der Waals surface area contributed by atoms with Crippen LogP contribution < -0.4 is 15.4 Å². The van der Waals surface area contributed by atoms with Crippen LogP contribution in [-0.2, 0) is 16.1 Å². The fourth-order valence-corrected chi connectivity index (χ4v) is 3.79. The van der Waals surface area contributed by atoms with Gasteiger partial charge < -0.3 is 15.4 Å². The second-order valence-corrected chi connectivity index (χ2v) is 6.85. The summed E-state index contributed by atoms with van der Waals surface area (Å²) in [6.07, 6.45) is 0.583. The van der Waals surface area contributed by atoms with Gasteiger partial charge in [0, 0.05) is 18.9 Å². The number of ether oxygens (including phenoxy) is 1. The lowest BCUT2D eigenvalue weighted by molar-refractivity contribution is -0.147. The molecule has 2 amide bonds. The van der Waals surface area contributed by atoms with Crippen LogP contribution in [0.4, 0.5) is 0 Å². The number of carbonyl (C=O) groups excluding carboxylic acids is 2. The number of hydrogen-bond donors (Lipinski definition) is 2. The van der Waals surface area contributed by atoms with Crippen LogP contribution in [0.15, 0.2) is 54.6 Å². The maximum absolute atomic E-state index is 12.8. The van der Waals surface area contributed by atoms with Gasteiger partial charge in [-0.25, -0.2) is 0 Å². The molecule has 2 aliphatic rings. The molecule has 0 spiro atoms. The molecule has 5 heteroatoms. The zero-order valence-electron chi connectivity index (χ0n) is 14.0. The van der Waals surface area contributed by atoms with Crippen LogP contribution in [0.2, 0.25) is 0 Å². The van der Waals surface area contributed by atoms with Gasteiger partial charge in [0.2, 0.25) is 11.8 Å². The zero-order valence-corrected chi connectivity index (χ0v) is 14.0. The first kappa shape index (κ1) is 15.7.